The molecular formula is C14H11FO2. The van der Waals surface area contributed by atoms with E-state index in [1.54, 1.807) is 12.1 Å². The Morgan fingerprint density at radius 2 is 1.82 bits per heavy atom. The fraction of sp³-hybridized carbons (Fsp3) is 0.0714. The molecule has 2 aromatic rings. The number of ether oxygens (including phenoxy) is 1. The van der Waals surface area contributed by atoms with Crippen LogP contribution in [0.5, 0.6) is 0 Å². The molecule has 0 aromatic heterocycles. The number of carbonyl (C=O) groups excluding carboxylic acids is 1. The molecule has 0 spiro atoms. The van der Waals surface area contributed by atoms with E-state index in [1.165, 1.54) is 13.2 Å². The molecule has 86 valence electrons. The molecular weight excluding hydrogens is 219 g/mol. The van der Waals surface area contributed by atoms with Crippen LogP contribution in [-0.4, -0.2) is 13.1 Å². The molecule has 0 radical (unpaired) electrons. The van der Waals surface area contributed by atoms with Crippen LogP contribution in [0.25, 0.3) is 11.1 Å². The summed E-state index contributed by atoms with van der Waals surface area (Å²) in [7, 11) is 1.27. The van der Waals surface area contributed by atoms with Gasteiger partial charge in [-0.3, -0.25) is 0 Å². The smallest absolute Gasteiger partial charge is 0.337 e. The van der Waals surface area contributed by atoms with Crippen LogP contribution in [0.1, 0.15) is 10.4 Å². The van der Waals surface area contributed by atoms with Gasteiger partial charge in [0.05, 0.1) is 12.7 Å². The van der Waals surface area contributed by atoms with Gasteiger partial charge in [0, 0.05) is 5.56 Å². The minimum Gasteiger partial charge on any atom is -0.465 e. The highest BCUT2D eigenvalue weighted by Crippen LogP contribution is 2.23. The number of hydrogen-bond donors (Lipinski definition) is 0. The Balaban J connectivity index is 2.42. The molecule has 17 heavy (non-hydrogen) atoms. The summed E-state index contributed by atoms with van der Waals surface area (Å²) >= 11 is 0. The van der Waals surface area contributed by atoms with Crippen LogP contribution in [0, 0.1) is 5.82 Å². The lowest BCUT2D eigenvalue weighted by Gasteiger charge is -2.05. The minimum atomic E-state index is -0.538. The monoisotopic (exact) mass is 230 g/mol. The predicted molar refractivity (Wildman–Crippen MR) is 63.2 cm³/mol. The average Bonchev–Trinajstić information content (AvgIpc) is 2.38. The van der Waals surface area contributed by atoms with Crippen LogP contribution >= 0.6 is 0 Å². The molecule has 0 saturated carbocycles. The summed E-state index contributed by atoms with van der Waals surface area (Å²) in [6.07, 6.45) is 0. The summed E-state index contributed by atoms with van der Waals surface area (Å²) in [5.41, 5.74) is 1.46. The Morgan fingerprint density at radius 3 is 2.41 bits per heavy atom. The lowest BCUT2D eigenvalue weighted by atomic mass is 10.0. The predicted octanol–water partition coefficient (Wildman–Crippen LogP) is 3.28. The van der Waals surface area contributed by atoms with E-state index in [4.69, 9.17) is 0 Å². The SMILES string of the molecule is COC(=O)c1ccc(-c2ccccc2)c(F)c1. The molecule has 0 aliphatic carbocycles. The van der Waals surface area contributed by atoms with Crippen LogP contribution in [0.15, 0.2) is 48.5 Å². The van der Waals surface area contributed by atoms with Gasteiger partial charge in [0.1, 0.15) is 5.82 Å². The second-order valence-corrected chi connectivity index (χ2v) is 3.55. The highest BCUT2D eigenvalue weighted by molar-refractivity contribution is 5.90. The van der Waals surface area contributed by atoms with Crippen molar-refractivity contribution < 1.29 is 13.9 Å². The topological polar surface area (TPSA) is 26.3 Å². The van der Waals surface area contributed by atoms with E-state index in [9.17, 15) is 9.18 Å². The first kappa shape index (κ1) is 11.3. The number of hydrogen-bond acceptors (Lipinski definition) is 2. The van der Waals surface area contributed by atoms with Crippen LogP contribution in [0.3, 0.4) is 0 Å². The third kappa shape index (κ3) is 2.33. The van der Waals surface area contributed by atoms with Crippen LogP contribution in [0.2, 0.25) is 0 Å². The Kier molecular flexibility index (Phi) is 3.19. The summed E-state index contributed by atoms with van der Waals surface area (Å²) in [5, 5.41) is 0. The number of halogens is 1. The molecule has 0 aliphatic rings. The van der Waals surface area contributed by atoms with Gasteiger partial charge in [-0.1, -0.05) is 36.4 Å². The fourth-order valence-electron chi connectivity index (χ4n) is 1.61. The standard InChI is InChI=1S/C14H11FO2/c1-17-14(16)11-7-8-12(13(15)9-11)10-5-3-2-4-6-10/h2-9H,1H3. The van der Waals surface area contributed by atoms with Crippen molar-refractivity contribution in [3.63, 3.8) is 0 Å². The summed E-state index contributed by atoms with van der Waals surface area (Å²) in [6.45, 7) is 0. The van der Waals surface area contributed by atoms with Crippen molar-refractivity contribution in [2.24, 2.45) is 0 Å². The molecule has 2 nitrogen and oxygen atoms in total. The molecule has 0 fully saturated rings. The molecule has 0 saturated heterocycles. The molecule has 3 heteroatoms. The molecule has 0 N–H and O–H groups in total. The van der Waals surface area contributed by atoms with Crippen LogP contribution in [-0.2, 0) is 4.74 Å². The third-order valence-electron chi connectivity index (χ3n) is 2.47. The molecule has 0 unspecified atom stereocenters. The highest BCUT2D eigenvalue weighted by Gasteiger charge is 2.10. The van der Waals surface area contributed by atoms with E-state index < -0.39 is 11.8 Å². The number of carbonyl (C=O) groups is 1. The lowest BCUT2D eigenvalue weighted by molar-refractivity contribution is 0.0600. The highest BCUT2D eigenvalue weighted by atomic mass is 19.1. The van der Waals surface area contributed by atoms with Crippen molar-refractivity contribution in [2.75, 3.05) is 7.11 Å². The summed E-state index contributed by atoms with van der Waals surface area (Å²) < 4.78 is 18.4. The zero-order valence-electron chi connectivity index (χ0n) is 9.31. The summed E-state index contributed by atoms with van der Waals surface area (Å²) in [6, 6.07) is 13.5. The molecule has 0 aliphatic heterocycles. The maximum atomic E-state index is 13.8. The number of methoxy groups -OCH3 is 1. The van der Waals surface area contributed by atoms with Gasteiger partial charge in [-0.15, -0.1) is 0 Å². The van der Waals surface area contributed by atoms with Gasteiger partial charge in [-0.05, 0) is 17.7 Å². The van der Waals surface area contributed by atoms with Crippen LogP contribution in [0.4, 0.5) is 4.39 Å². The normalized spacial score (nSPS) is 10.0. The minimum absolute atomic E-state index is 0.213. The van der Waals surface area contributed by atoms with Gasteiger partial charge in [0.2, 0.25) is 0 Å². The fourth-order valence-corrected chi connectivity index (χ4v) is 1.61. The van der Waals surface area contributed by atoms with E-state index in [-0.39, 0.29) is 5.56 Å². The van der Waals surface area contributed by atoms with Gasteiger partial charge >= 0.3 is 5.97 Å². The Hall–Kier alpha value is -2.16. The van der Waals surface area contributed by atoms with E-state index in [0.717, 1.165) is 5.56 Å². The first-order valence-electron chi connectivity index (χ1n) is 5.15. The molecule has 0 amide bonds. The summed E-state index contributed by atoms with van der Waals surface area (Å²) in [5.74, 6) is -0.970. The van der Waals surface area contributed by atoms with Crippen molar-refractivity contribution in [1.29, 1.82) is 0 Å². The van der Waals surface area contributed by atoms with E-state index >= 15 is 0 Å². The van der Waals surface area contributed by atoms with Crippen LogP contribution < -0.4 is 0 Å². The van der Waals surface area contributed by atoms with E-state index in [1.807, 2.05) is 30.3 Å². The van der Waals surface area contributed by atoms with Crippen molar-refractivity contribution in [2.45, 2.75) is 0 Å². The van der Waals surface area contributed by atoms with Gasteiger partial charge in [0.15, 0.2) is 0 Å². The van der Waals surface area contributed by atoms with Crippen molar-refractivity contribution in [3.05, 3.63) is 59.9 Å². The largest absolute Gasteiger partial charge is 0.465 e. The number of benzene rings is 2. The van der Waals surface area contributed by atoms with Crippen molar-refractivity contribution in [3.8, 4) is 11.1 Å². The Labute approximate surface area is 98.7 Å². The van der Waals surface area contributed by atoms with Crippen molar-refractivity contribution in [1.82, 2.24) is 0 Å². The number of esters is 1. The van der Waals surface area contributed by atoms with E-state index in [2.05, 4.69) is 4.74 Å². The zero-order chi connectivity index (χ0) is 12.3. The van der Waals surface area contributed by atoms with Gasteiger partial charge in [-0.25, -0.2) is 9.18 Å². The second-order valence-electron chi connectivity index (χ2n) is 3.55. The van der Waals surface area contributed by atoms with Gasteiger partial charge in [-0.2, -0.15) is 0 Å². The van der Waals surface area contributed by atoms with E-state index in [0.29, 0.717) is 5.56 Å². The van der Waals surface area contributed by atoms with Gasteiger partial charge < -0.3 is 4.74 Å². The lowest BCUT2D eigenvalue weighted by Crippen LogP contribution is -2.01. The third-order valence-corrected chi connectivity index (χ3v) is 2.47. The first-order chi connectivity index (χ1) is 8.22. The molecule has 2 rings (SSSR count). The zero-order valence-corrected chi connectivity index (χ0v) is 9.31. The van der Waals surface area contributed by atoms with Gasteiger partial charge in [0.25, 0.3) is 0 Å². The molecule has 2 aromatic carbocycles. The maximum absolute atomic E-state index is 13.8. The molecule has 0 atom stereocenters. The average molecular weight is 230 g/mol. The Bertz CT molecular complexity index is 535. The molecule has 0 heterocycles. The van der Waals surface area contributed by atoms with Crippen molar-refractivity contribution >= 4 is 5.97 Å². The Morgan fingerprint density at radius 1 is 1.12 bits per heavy atom. The summed E-state index contributed by atoms with van der Waals surface area (Å²) in [4.78, 5) is 11.2. The maximum Gasteiger partial charge on any atom is 0.337 e. The first-order valence-corrected chi connectivity index (χ1v) is 5.15. The molecule has 0 bridgehead atoms. The quantitative estimate of drug-likeness (QED) is 0.740. The second kappa shape index (κ2) is 4.78. The number of rotatable bonds is 2.